The average Bonchev–Trinajstić information content (AvgIpc) is 2.89. The molecule has 0 unspecified atom stereocenters. The summed E-state index contributed by atoms with van der Waals surface area (Å²) >= 11 is 1.69. The number of hydrogen-bond acceptors (Lipinski definition) is 5. The highest BCUT2D eigenvalue weighted by Crippen LogP contribution is 2.17. The number of thioether (sulfide) groups is 1. The number of furan rings is 1. The number of piperazine rings is 1. The number of carbonyl (C=O) groups excluding carboxylic acids is 2. The Kier molecular flexibility index (Phi) is 8.12. The second kappa shape index (κ2) is 9.34. The van der Waals surface area contributed by atoms with E-state index in [-0.39, 0.29) is 24.2 Å². The van der Waals surface area contributed by atoms with Crippen LogP contribution in [0.1, 0.15) is 28.3 Å². The Morgan fingerprint density at radius 3 is 2.33 bits per heavy atom. The Morgan fingerprint density at radius 1 is 1.25 bits per heavy atom. The fourth-order valence-electron chi connectivity index (χ4n) is 2.75. The molecule has 1 saturated heterocycles. The molecule has 2 N–H and O–H groups in total. The van der Waals surface area contributed by atoms with Crippen LogP contribution in [-0.2, 0) is 4.79 Å². The monoisotopic (exact) mass is 375 g/mol. The van der Waals surface area contributed by atoms with E-state index >= 15 is 0 Å². The Labute approximate surface area is 153 Å². The summed E-state index contributed by atoms with van der Waals surface area (Å²) in [5, 5.41) is 0. The van der Waals surface area contributed by atoms with Gasteiger partial charge in [-0.25, -0.2) is 0 Å². The first-order valence-electron chi connectivity index (χ1n) is 7.83. The number of aryl methyl sites for hydroxylation is 2. The van der Waals surface area contributed by atoms with Gasteiger partial charge in [-0.05, 0) is 38.3 Å². The predicted octanol–water partition coefficient (Wildman–Crippen LogP) is 1.68. The largest absolute Gasteiger partial charge is 0.466 e. The molecule has 1 fully saturated rings. The van der Waals surface area contributed by atoms with Crippen LogP contribution >= 0.6 is 24.2 Å². The van der Waals surface area contributed by atoms with Gasteiger partial charge in [0.1, 0.15) is 11.5 Å². The van der Waals surface area contributed by atoms with Gasteiger partial charge in [0.15, 0.2) is 0 Å². The molecular formula is C16H26ClN3O3S. The fraction of sp³-hybridized carbons (Fsp3) is 0.625. The molecule has 0 aliphatic carbocycles. The van der Waals surface area contributed by atoms with Crippen LogP contribution in [0.4, 0.5) is 0 Å². The van der Waals surface area contributed by atoms with Gasteiger partial charge in [0.25, 0.3) is 5.91 Å². The quantitative estimate of drug-likeness (QED) is 0.847. The van der Waals surface area contributed by atoms with Gasteiger partial charge < -0.3 is 20.0 Å². The van der Waals surface area contributed by atoms with Gasteiger partial charge in [-0.3, -0.25) is 9.59 Å². The Hall–Kier alpha value is -1.18. The summed E-state index contributed by atoms with van der Waals surface area (Å²) in [5.74, 6) is 2.22. The topological polar surface area (TPSA) is 79.8 Å². The smallest absolute Gasteiger partial charge is 0.257 e. The van der Waals surface area contributed by atoms with E-state index in [4.69, 9.17) is 10.2 Å². The standard InChI is InChI=1S/C16H25N3O3S.ClH/c1-11-10-13(12(2)22-11)15(20)18-5-7-19(8-6-18)16(21)14(17)4-9-23-3;/h10,14H,4-9,17H2,1-3H3;1H/t14-;/m0./s1. The Balaban J connectivity index is 0.00000288. The van der Waals surface area contributed by atoms with Crippen molar-refractivity contribution in [2.24, 2.45) is 5.73 Å². The molecule has 0 radical (unpaired) electrons. The summed E-state index contributed by atoms with van der Waals surface area (Å²) < 4.78 is 5.42. The highest BCUT2D eigenvalue weighted by molar-refractivity contribution is 7.98. The molecule has 0 bridgehead atoms. The Morgan fingerprint density at radius 2 is 1.83 bits per heavy atom. The van der Waals surface area contributed by atoms with Crippen LogP contribution in [0.15, 0.2) is 10.5 Å². The van der Waals surface area contributed by atoms with Gasteiger partial charge in [0.05, 0.1) is 11.6 Å². The molecule has 1 aromatic rings. The van der Waals surface area contributed by atoms with Crippen molar-refractivity contribution in [2.75, 3.05) is 38.2 Å². The number of nitrogens with zero attached hydrogens (tertiary/aromatic N) is 2. The molecular weight excluding hydrogens is 350 g/mol. The summed E-state index contributed by atoms with van der Waals surface area (Å²) in [4.78, 5) is 28.3. The van der Waals surface area contributed by atoms with Gasteiger partial charge in [-0.2, -0.15) is 11.8 Å². The minimum atomic E-state index is -0.441. The zero-order chi connectivity index (χ0) is 17.0. The lowest BCUT2D eigenvalue weighted by atomic mass is 10.1. The second-order valence-electron chi connectivity index (χ2n) is 5.83. The molecule has 0 saturated carbocycles. The third-order valence-electron chi connectivity index (χ3n) is 4.10. The molecule has 1 aliphatic rings. The average molecular weight is 376 g/mol. The van der Waals surface area contributed by atoms with E-state index in [1.54, 1.807) is 34.6 Å². The molecule has 0 aromatic carbocycles. The zero-order valence-electron chi connectivity index (χ0n) is 14.4. The van der Waals surface area contributed by atoms with Crippen molar-refractivity contribution in [3.63, 3.8) is 0 Å². The minimum Gasteiger partial charge on any atom is -0.466 e. The molecule has 2 rings (SSSR count). The van der Waals surface area contributed by atoms with Crippen LogP contribution in [0.2, 0.25) is 0 Å². The number of hydrogen-bond donors (Lipinski definition) is 1. The maximum atomic E-state index is 12.5. The molecule has 6 nitrogen and oxygen atoms in total. The maximum absolute atomic E-state index is 12.5. The number of rotatable bonds is 5. The summed E-state index contributed by atoms with van der Waals surface area (Å²) in [6.07, 6.45) is 2.69. The molecule has 1 aromatic heterocycles. The van der Waals surface area contributed by atoms with Gasteiger partial charge in [-0.1, -0.05) is 0 Å². The van der Waals surface area contributed by atoms with Crippen molar-refractivity contribution >= 4 is 36.0 Å². The molecule has 2 heterocycles. The first-order chi connectivity index (χ1) is 10.9. The van der Waals surface area contributed by atoms with E-state index in [1.807, 2.05) is 13.2 Å². The van der Waals surface area contributed by atoms with Crippen molar-refractivity contribution in [3.8, 4) is 0 Å². The number of carbonyl (C=O) groups is 2. The van der Waals surface area contributed by atoms with E-state index in [9.17, 15) is 9.59 Å². The van der Waals surface area contributed by atoms with Crippen LogP contribution in [0.3, 0.4) is 0 Å². The van der Waals surface area contributed by atoms with Crippen LogP contribution in [0.25, 0.3) is 0 Å². The molecule has 1 atom stereocenters. The summed E-state index contributed by atoms with van der Waals surface area (Å²) in [6.45, 7) is 5.76. The zero-order valence-corrected chi connectivity index (χ0v) is 16.0. The highest BCUT2D eigenvalue weighted by Gasteiger charge is 2.28. The van der Waals surface area contributed by atoms with Crippen LogP contribution < -0.4 is 5.73 Å². The number of amides is 2. The lowest BCUT2D eigenvalue weighted by molar-refractivity contribution is -0.134. The predicted molar refractivity (Wildman–Crippen MR) is 98.9 cm³/mol. The lowest BCUT2D eigenvalue weighted by Crippen LogP contribution is -2.54. The Bertz CT molecular complexity index is 571. The molecule has 8 heteroatoms. The SMILES string of the molecule is CSCC[C@H](N)C(=O)N1CCN(C(=O)c2cc(C)oc2C)CC1.Cl. The molecule has 2 amide bonds. The van der Waals surface area contributed by atoms with Crippen LogP contribution in [0, 0.1) is 13.8 Å². The van der Waals surface area contributed by atoms with Crippen molar-refractivity contribution < 1.29 is 14.0 Å². The van der Waals surface area contributed by atoms with E-state index in [2.05, 4.69) is 0 Å². The molecule has 1 aliphatic heterocycles. The normalized spacial score (nSPS) is 15.8. The minimum absolute atomic E-state index is 0. The van der Waals surface area contributed by atoms with Gasteiger partial charge in [0.2, 0.25) is 5.91 Å². The van der Waals surface area contributed by atoms with E-state index in [1.165, 1.54) is 0 Å². The molecule has 136 valence electrons. The van der Waals surface area contributed by atoms with E-state index in [0.717, 1.165) is 11.5 Å². The van der Waals surface area contributed by atoms with E-state index in [0.29, 0.717) is 43.9 Å². The molecule has 0 spiro atoms. The lowest BCUT2D eigenvalue weighted by Gasteiger charge is -2.35. The van der Waals surface area contributed by atoms with Crippen molar-refractivity contribution in [3.05, 3.63) is 23.2 Å². The first-order valence-corrected chi connectivity index (χ1v) is 9.23. The van der Waals surface area contributed by atoms with Crippen molar-refractivity contribution in [2.45, 2.75) is 26.3 Å². The maximum Gasteiger partial charge on any atom is 0.257 e. The summed E-state index contributed by atoms with van der Waals surface area (Å²) in [6, 6.07) is 1.33. The van der Waals surface area contributed by atoms with Crippen molar-refractivity contribution in [1.82, 2.24) is 9.80 Å². The molecule has 24 heavy (non-hydrogen) atoms. The van der Waals surface area contributed by atoms with Crippen molar-refractivity contribution in [1.29, 1.82) is 0 Å². The fourth-order valence-corrected chi connectivity index (χ4v) is 3.24. The third-order valence-corrected chi connectivity index (χ3v) is 4.74. The number of halogens is 1. The third kappa shape index (κ3) is 4.91. The number of nitrogens with two attached hydrogens (primary N) is 1. The highest BCUT2D eigenvalue weighted by atomic mass is 35.5. The first kappa shape index (κ1) is 20.9. The van der Waals surface area contributed by atoms with Crippen LogP contribution in [-0.4, -0.2) is 65.8 Å². The summed E-state index contributed by atoms with van der Waals surface area (Å²) in [5.41, 5.74) is 6.55. The van der Waals surface area contributed by atoms with Crippen LogP contribution in [0.5, 0.6) is 0 Å². The van der Waals surface area contributed by atoms with Gasteiger partial charge >= 0.3 is 0 Å². The van der Waals surface area contributed by atoms with E-state index < -0.39 is 6.04 Å². The second-order valence-corrected chi connectivity index (χ2v) is 6.82. The van der Waals surface area contributed by atoms with Gasteiger partial charge in [-0.15, -0.1) is 12.4 Å². The summed E-state index contributed by atoms with van der Waals surface area (Å²) in [7, 11) is 0. The van der Waals surface area contributed by atoms with Gasteiger partial charge in [0, 0.05) is 26.2 Å².